The number of aromatic nitrogens is 4. The van der Waals surface area contributed by atoms with Crippen molar-refractivity contribution in [2.75, 3.05) is 70.6 Å². The number of fused-ring (bicyclic) bond motifs is 4. The molecule has 5 aliphatic rings. The molecule has 5 N–H and O–H groups in total. The highest BCUT2D eigenvalue weighted by molar-refractivity contribution is 7.13. The molecule has 6 atom stereocenters. The van der Waals surface area contributed by atoms with Crippen LogP contribution in [-0.4, -0.2) is 160 Å². The smallest absolute Gasteiger partial charge is 0.319 e. The Labute approximate surface area is 474 Å². The van der Waals surface area contributed by atoms with Crippen molar-refractivity contribution in [3.63, 3.8) is 0 Å². The lowest BCUT2D eigenvalue weighted by atomic mass is 9.85. The van der Waals surface area contributed by atoms with E-state index in [1.165, 1.54) is 23.1 Å². The summed E-state index contributed by atoms with van der Waals surface area (Å²) in [6, 6.07) is 11.7. The summed E-state index contributed by atoms with van der Waals surface area (Å²) in [5.74, 6) is -2.02. The van der Waals surface area contributed by atoms with Gasteiger partial charge in [0.2, 0.25) is 17.7 Å². The van der Waals surface area contributed by atoms with Crippen LogP contribution in [0.25, 0.3) is 43.4 Å². The van der Waals surface area contributed by atoms with E-state index in [1.54, 1.807) is 23.6 Å². The molecule has 81 heavy (non-hydrogen) atoms. The highest BCUT2D eigenvalue weighted by Crippen LogP contribution is 2.47. The number of rotatable bonds is 17. The first kappa shape index (κ1) is 56.4. The number of nitrogens with zero attached hydrogens (tertiary/aromatic N) is 7. The van der Waals surface area contributed by atoms with Gasteiger partial charge in [0.1, 0.15) is 47.3 Å². The summed E-state index contributed by atoms with van der Waals surface area (Å²) < 4.78 is 51.0. The Morgan fingerprint density at radius 3 is 2.41 bits per heavy atom. The van der Waals surface area contributed by atoms with Crippen LogP contribution in [0.3, 0.4) is 0 Å². The summed E-state index contributed by atoms with van der Waals surface area (Å²) in [7, 11) is 0. The largest absolute Gasteiger partial charge is 0.508 e. The third kappa shape index (κ3) is 12.1. The lowest BCUT2D eigenvalue weighted by molar-refractivity contribution is -0.145. The number of morpholine rings is 1. The molecule has 4 aliphatic heterocycles. The Morgan fingerprint density at radius 2 is 1.73 bits per heavy atom. The van der Waals surface area contributed by atoms with Gasteiger partial charge in [0.15, 0.2) is 5.82 Å². The number of piperidine rings is 1. The number of carbonyl (C=O) groups excluding carboxylic acids is 3. The van der Waals surface area contributed by atoms with Gasteiger partial charge in [-0.1, -0.05) is 58.0 Å². The Morgan fingerprint density at radius 1 is 0.988 bits per heavy atom. The van der Waals surface area contributed by atoms with Gasteiger partial charge in [-0.3, -0.25) is 19.4 Å². The number of thiazole rings is 1. The van der Waals surface area contributed by atoms with Crippen molar-refractivity contribution in [3.8, 4) is 33.5 Å². The van der Waals surface area contributed by atoms with Crippen molar-refractivity contribution in [2.45, 2.75) is 122 Å². The highest BCUT2D eigenvalue weighted by Gasteiger charge is 2.47. The zero-order valence-electron chi connectivity index (χ0n) is 46.8. The molecule has 1 saturated carbocycles. The number of benzene rings is 3. The van der Waals surface area contributed by atoms with Gasteiger partial charge in [0, 0.05) is 74.9 Å². The molecule has 0 radical (unpaired) electrons. The standard InChI is InChI=1S/C60H72F2N10O8S/c1-7-43-46(61)13-12-37-20-40(73)21-44(49(37)43)51-50(62)52-45(23-63-51)55(71-24-38-27-78-28-39(25-71)66-38)69-58(68-52)80-31-60(16-17-60)30-70-18-14-42(15-19-70)79-29-48(75)67-54(59(4,5)6)57(77)72-26-41(74)22-47(72)56(76)65-33(2)35-8-10-36(11-9-35)53-34(3)64-32-81-53/h8-13,20-21,23,32-33,38-39,41-42,47,54,66,73-74H,7,14-19,22,24-31H2,1-6H3,(H,65,76)(H,67,75)/t33-,38?,39?,41+,47-,54+/m0/s1. The SMILES string of the molecule is CCc1c(F)ccc2cc(O)cc(-c3ncc4c(N5CC6COCC(C5)N6)nc(OCC5(CN6CCC(OCC(=O)N[C@H](C(=O)N7C[C@H](O)C[C@H]7C(=O)N[C@@H](C)c7ccc(-c8scnc8C)cc7)C(C)(C)C)CC6)CC5)nc4c3F)c12. The number of likely N-dealkylation sites (tertiary alicyclic amines) is 2. The topological polar surface area (TPSA) is 217 Å². The fourth-order valence-corrected chi connectivity index (χ4v) is 13.0. The molecule has 3 amide bonds. The minimum Gasteiger partial charge on any atom is -0.508 e. The summed E-state index contributed by atoms with van der Waals surface area (Å²) in [4.78, 5) is 67.3. The van der Waals surface area contributed by atoms with Gasteiger partial charge in [0.05, 0.1) is 59.5 Å². The van der Waals surface area contributed by atoms with Crippen LogP contribution in [0.5, 0.6) is 11.8 Å². The van der Waals surface area contributed by atoms with Gasteiger partial charge in [-0.25, -0.2) is 13.8 Å². The number of phenolic OH excluding ortho intramolecular Hbond substituents is 1. The molecule has 4 saturated heterocycles. The van der Waals surface area contributed by atoms with E-state index in [1.807, 2.05) is 71.3 Å². The first-order valence-corrected chi connectivity index (χ1v) is 29.2. The van der Waals surface area contributed by atoms with Gasteiger partial charge in [-0.05, 0) is 97.0 Å². The third-order valence-electron chi connectivity index (χ3n) is 16.8. The summed E-state index contributed by atoms with van der Waals surface area (Å²) >= 11 is 1.57. The number of hydrogen-bond donors (Lipinski definition) is 5. The molecule has 2 bridgehead atoms. The number of phenols is 1. The van der Waals surface area contributed by atoms with E-state index >= 15 is 8.78 Å². The summed E-state index contributed by atoms with van der Waals surface area (Å²) in [5.41, 5.74) is 4.40. The number of anilines is 1. The second-order valence-electron chi connectivity index (χ2n) is 23.9. The summed E-state index contributed by atoms with van der Waals surface area (Å²) in [6.07, 6.45) is 4.12. The number of aryl methyl sites for hydroxylation is 2. The first-order chi connectivity index (χ1) is 38.8. The minimum absolute atomic E-state index is 0.0127. The van der Waals surface area contributed by atoms with Crippen molar-refractivity contribution in [2.24, 2.45) is 10.8 Å². The molecular weight excluding hydrogens is 1060 g/mol. The maximum absolute atomic E-state index is 17.3. The monoisotopic (exact) mass is 1130 g/mol. The highest BCUT2D eigenvalue weighted by atomic mass is 32.1. The molecule has 5 fully saturated rings. The van der Waals surface area contributed by atoms with E-state index in [4.69, 9.17) is 24.2 Å². The molecule has 7 heterocycles. The number of carbonyl (C=O) groups is 3. The molecular formula is C60H72F2N10O8S. The lowest BCUT2D eigenvalue weighted by Gasteiger charge is -2.42. The maximum Gasteiger partial charge on any atom is 0.319 e. The van der Waals surface area contributed by atoms with Crippen LogP contribution in [0.4, 0.5) is 14.6 Å². The van der Waals surface area contributed by atoms with Crippen LogP contribution in [0, 0.1) is 29.4 Å². The summed E-state index contributed by atoms with van der Waals surface area (Å²) in [6.45, 7) is 15.7. The number of piperazine rings is 1. The van der Waals surface area contributed by atoms with Crippen LogP contribution >= 0.6 is 11.3 Å². The number of aliphatic hydroxyl groups is 1. The van der Waals surface area contributed by atoms with Gasteiger partial charge in [-0.15, -0.1) is 11.3 Å². The number of aliphatic hydroxyl groups excluding tert-OH is 1. The Bertz CT molecular complexity index is 3320. The number of nitrogens with one attached hydrogen (secondary N) is 3. The molecule has 6 aromatic rings. The van der Waals surface area contributed by atoms with Crippen LogP contribution in [-0.2, 0) is 30.3 Å². The van der Waals surface area contributed by atoms with Gasteiger partial charge >= 0.3 is 6.01 Å². The maximum atomic E-state index is 17.3. The molecule has 3 aromatic carbocycles. The van der Waals surface area contributed by atoms with E-state index in [0.29, 0.717) is 79.7 Å². The number of halogens is 2. The molecule has 430 valence electrons. The molecule has 3 aromatic heterocycles. The van der Waals surface area contributed by atoms with Crippen molar-refractivity contribution in [1.29, 1.82) is 0 Å². The number of β-amino-alcohol motifs (C(OH)–C–C–N with tert-alkyl or cyclic N) is 1. The fourth-order valence-electron chi connectivity index (χ4n) is 12.2. The fraction of sp³-hybridized carbons (Fsp3) is 0.517. The third-order valence-corrected chi connectivity index (χ3v) is 17.7. The van der Waals surface area contributed by atoms with Crippen molar-refractivity contribution in [1.82, 2.24) is 45.7 Å². The van der Waals surface area contributed by atoms with Crippen molar-refractivity contribution in [3.05, 3.63) is 88.7 Å². The predicted molar refractivity (Wildman–Crippen MR) is 304 cm³/mol. The number of amides is 3. The van der Waals surface area contributed by atoms with E-state index in [0.717, 1.165) is 54.2 Å². The predicted octanol–water partition coefficient (Wildman–Crippen LogP) is 7.01. The lowest BCUT2D eigenvalue weighted by Crippen LogP contribution is -2.63. The average Bonchev–Trinajstić information content (AvgIpc) is 3.91. The summed E-state index contributed by atoms with van der Waals surface area (Å²) in [5, 5.41) is 32.6. The Hall–Kier alpha value is -6.49. The number of aromatic hydroxyl groups is 1. The Kier molecular flexibility index (Phi) is 16.0. The zero-order chi connectivity index (χ0) is 56.9. The molecule has 18 nitrogen and oxygen atoms in total. The molecule has 1 aliphatic carbocycles. The number of pyridine rings is 1. The number of hydrogen-bond acceptors (Lipinski definition) is 16. The van der Waals surface area contributed by atoms with E-state index in [2.05, 4.69) is 35.7 Å². The van der Waals surface area contributed by atoms with Crippen molar-refractivity contribution < 1.29 is 47.6 Å². The molecule has 0 spiro atoms. The molecule has 11 rings (SSSR count). The first-order valence-electron chi connectivity index (χ1n) is 28.3. The zero-order valence-corrected chi connectivity index (χ0v) is 47.6. The van der Waals surface area contributed by atoms with E-state index in [-0.39, 0.29) is 83.7 Å². The van der Waals surface area contributed by atoms with E-state index in [9.17, 15) is 24.6 Å². The van der Waals surface area contributed by atoms with E-state index < -0.39 is 47.1 Å². The van der Waals surface area contributed by atoms with Crippen molar-refractivity contribution >= 4 is 56.6 Å². The van der Waals surface area contributed by atoms with Crippen LogP contribution in [0.1, 0.15) is 89.6 Å². The van der Waals surface area contributed by atoms with Gasteiger partial charge in [-0.2, -0.15) is 9.97 Å². The van der Waals surface area contributed by atoms with Gasteiger partial charge in [0.25, 0.3) is 0 Å². The quantitative estimate of drug-likeness (QED) is 0.0621. The second-order valence-corrected chi connectivity index (χ2v) is 24.8. The van der Waals surface area contributed by atoms with Crippen LogP contribution in [0.15, 0.2) is 60.2 Å². The average molecular weight is 1130 g/mol. The van der Waals surface area contributed by atoms with Crippen LogP contribution < -0.4 is 25.6 Å². The number of ether oxygens (including phenoxy) is 3. The van der Waals surface area contributed by atoms with Gasteiger partial charge < -0.3 is 55.1 Å². The van der Waals surface area contributed by atoms with Crippen LogP contribution in [0.2, 0.25) is 0 Å². The minimum atomic E-state index is -0.989. The second kappa shape index (κ2) is 23.0. The Balaban J connectivity index is 0.707. The normalized spacial score (nSPS) is 22.0. The molecule has 2 unspecified atom stereocenters. The molecule has 21 heteroatoms.